The molecule has 0 aliphatic heterocycles. The first-order chi connectivity index (χ1) is 10.3. The van der Waals surface area contributed by atoms with Crippen molar-refractivity contribution in [1.29, 1.82) is 0 Å². The second-order valence-electron chi connectivity index (χ2n) is 5.71. The summed E-state index contributed by atoms with van der Waals surface area (Å²) in [5.41, 5.74) is 3.16. The molecule has 3 aromatic rings. The average molecular weight is 282 g/mol. The molecule has 0 aromatic carbocycles. The standard InChI is InChI=1S/C15H18N6/c1-10-8-13-15(16-6-7-21(13)20-10)17-14-9-12(18-19-14)11-4-2-3-5-11/h6-9,11H,2-5H2,1H3,(H2,16,17,18,19). The molecule has 108 valence electrons. The van der Waals surface area contributed by atoms with Crippen molar-refractivity contribution in [3.05, 3.63) is 35.9 Å². The highest BCUT2D eigenvalue weighted by Crippen LogP contribution is 2.34. The first-order valence-electron chi connectivity index (χ1n) is 7.43. The third-order valence-corrected chi connectivity index (χ3v) is 4.15. The number of anilines is 2. The summed E-state index contributed by atoms with van der Waals surface area (Å²) in [7, 11) is 0. The zero-order valence-electron chi connectivity index (χ0n) is 12.0. The molecule has 6 nitrogen and oxygen atoms in total. The molecule has 0 bridgehead atoms. The molecule has 2 N–H and O–H groups in total. The Balaban J connectivity index is 1.62. The summed E-state index contributed by atoms with van der Waals surface area (Å²) in [4.78, 5) is 4.40. The zero-order valence-corrected chi connectivity index (χ0v) is 12.0. The van der Waals surface area contributed by atoms with Gasteiger partial charge in [0, 0.05) is 30.1 Å². The van der Waals surface area contributed by atoms with Crippen molar-refractivity contribution >= 4 is 17.2 Å². The van der Waals surface area contributed by atoms with Gasteiger partial charge in [-0.05, 0) is 25.8 Å². The van der Waals surface area contributed by atoms with Crippen LogP contribution in [0.15, 0.2) is 24.5 Å². The van der Waals surface area contributed by atoms with Crippen molar-refractivity contribution in [3.8, 4) is 0 Å². The first-order valence-corrected chi connectivity index (χ1v) is 7.43. The van der Waals surface area contributed by atoms with Crippen LogP contribution < -0.4 is 5.32 Å². The van der Waals surface area contributed by atoms with Gasteiger partial charge in [-0.3, -0.25) is 5.10 Å². The molecule has 21 heavy (non-hydrogen) atoms. The van der Waals surface area contributed by atoms with E-state index in [1.165, 1.54) is 31.4 Å². The van der Waals surface area contributed by atoms with E-state index in [-0.39, 0.29) is 0 Å². The molecule has 0 radical (unpaired) electrons. The highest BCUT2D eigenvalue weighted by molar-refractivity contribution is 5.72. The van der Waals surface area contributed by atoms with E-state index < -0.39 is 0 Å². The summed E-state index contributed by atoms with van der Waals surface area (Å²) in [6.07, 6.45) is 8.76. The van der Waals surface area contributed by atoms with Gasteiger partial charge in [0.2, 0.25) is 0 Å². The van der Waals surface area contributed by atoms with E-state index in [1.54, 1.807) is 6.20 Å². The van der Waals surface area contributed by atoms with E-state index in [0.717, 1.165) is 22.8 Å². The molecule has 1 fully saturated rings. The van der Waals surface area contributed by atoms with Gasteiger partial charge < -0.3 is 5.32 Å². The molecule has 1 saturated carbocycles. The maximum Gasteiger partial charge on any atom is 0.157 e. The molecule has 1 aliphatic carbocycles. The van der Waals surface area contributed by atoms with Gasteiger partial charge in [-0.15, -0.1) is 0 Å². The lowest BCUT2D eigenvalue weighted by Gasteiger charge is -2.04. The minimum atomic E-state index is 0.633. The van der Waals surface area contributed by atoms with Gasteiger partial charge in [-0.2, -0.15) is 10.2 Å². The summed E-state index contributed by atoms with van der Waals surface area (Å²) in [6, 6.07) is 4.12. The Morgan fingerprint density at radius 1 is 1.29 bits per heavy atom. The molecule has 0 saturated heterocycles. The van der Waals surface area contributed by atoms with Crippen LogP contribution in [0.2, 0.25) is 0 Å². The number of aromatic nitrogens is 5. The van der Waals surface area contributed by atoms with E-state index in [2.05, 4.69) is 31.7 Å². The number of aromatic amines is 1. The van der Waals surface area contributed by atoms with Crippen LogP contribution >= 0.6 is 0 Å². The predicted octanol–water partition coefficient (Wildman–Crippen LogP) is 3.16. The van der Waals surface area contributed by atoms with Crippen LogP contribution in [0.1, 0.15) is 43.0 Å². The van der Waals surface area contributed by atoms with Crippen molar-refractivity contribution in [3.63, 3.8) is 0 Å². The molecule has 0 spiro atoms. The number of nitrogens with zero attached hydrogens (tertiary/aromatic N) is 4. The molecule has 6 heteroatoms. The Bertz CT molecular complexity index is 765. The molecule has 0 atom stereocenters. The first kappa shape index (κ1) is 12.4. The fraction of sp³-hybridized carbons (Fsp3) is 0.400. The second kappa shape index (κ2) is 4.87. The predicted molar refractivity (Wildman–Crippen MR) is 80.8 cm³/mol. The van der Waals surface area contributed by atoms with Crippen molar-refractivity contribution in [2.45, 2.75) is 38.5 Å². The molecule has 4 rings (SSSR count). The van der Waals surface area contributed by atoms with Gasteiger partial charge in [-0.1, -0.05) is 12.8 Å². The maximum absolute atomic E-state index is 4.40. The van der Waals surface area contributed by atoms with Crippen molar-refractivity contribution in [2.75, 3.05) is 5.32 Å². The normalized spacial score (nSPS) is 15.9. The summed E-state index contributed by atoms with van der Waals surface area (Å²) in [6.45, 7) is 1.98. The number of fused-ring (bicyclic) bond motifs is 1. The van der Waals surface area contributed by atoms with Gasteiger partial charge >= 0.3 is 0 Å². The summed E-state index contributed by atoms with van der Waals surface area (Å²) < 4.78 is 1.83. The van der Waals surface area contributed by atoms with Crippen LogP contribution in [-0.2, 0) is 0 Å². The molecule has 3 heterocycles. The van der Waals surface area contributed by atoms with Crippen LogP contribution in [-0.4, -0.2) is 24.8 Å². The Labute approximate surface area is 122 Å². The number of aryl methyl sites for hydroxylation is 1. The third-order valence-electron chi connectivity index (χ3n) is 4.15. The number of hydrogen-bond acceptors (Lipinski definition) is 4. The fourth-order valence-corrected chi connectivity index (χ4v) is 3.11. The Hall–Kier alpha value is -2.37. The SMILES string of the molecule is Cc1cc2c(Nc3cc(C4CCCC4)[nH]n3)nccn2n1. The van der Waals surface area contributed by atoms with Crippen LogP contribution in [0.5, 0.6) is 0 Å². The summed E-state index contributed by atoms with van der Waals surface area (Å²) >= 11 is 0. The molecule has 1 aliphatic rings. The van der Waals surface area contributed by atoms with Crippen LogP contribution in [0.3, 0.4) is 0 Å². The van der Waals surface area contributed by atoms with Crippen molar-refractivity contribution in [1.82, 2.24) is 24.8 Å². The monoisotopic (exact) mass is 282 g/mol. The highest BCUT2D eigenvalue weighted by atomic mass is 15.3. The van der Waals surface area contributed by atoms with Crippen LogP contribution in [0.4, 0.5) is 11.6 Å². The quantitative estimate of drug-likeness (QED) is 0.774. The second-order valence-corrected chi connectivity index (χ2v) is 5.71. The minimum Gasteiger partial charge on any atom is -0.322 e. The maximum atomic E-state index is 4.40. The van der Waals surface area contributed by atoms with Gasteiger partial charge in [0.15, 0.2) is 11.6 Å². The minimum absolute atomic E-state index is 0.633. The largest absolute Gasteiger partial charge is 0.322 e. The number of H-pyrrole nitrogens is 1. The Morgan fingerprint density at radius 3 is 3.00 bits per heavy atom. The van der Waals surface area contributed by atoms with Gasteiger partial charge in [0.25, 0.3) is 0 Å². The highest BCUT2D eigenvalue weighted by Gasteiger charge is 2.19. The summed E-state index contributed by atoms with van der Waals surface area (Å²) in [5, 5.41) is 15.2. The molecule has 3 aromatic heterocycles. The fourth-order valence-electron chi connectivity index (χ4n) is 3.11. The van der Waals surface area contributed by atoms with E-state index in [9.17, 15) is 0 Å². The van der Waals surface area contributed by atoms with Crippen LogP contribution in [0.25, 0.3) is 5.52 Å². The molecule has 0 unspecified atom stereocenters. The van der Waals surface area contributed by atoms with E-state index in [0.29, 0.717) is 5.92 Å². The average Bonchev–Trinajstić information content (AvgIpc) is 3.16. The van der Waals surface area contributed by atoms with E-state index in [1.807, 2.05) is 23.7 Å². The van der Waals surface area contributed by atoms with E-state index in [4.69, 9.17) is 0 Å². The number of nitrogens with one attached hydrogen (secondary N) is 2. The molecular weight excluding hydrogens is 264 g/mol. The van der Waals surface area contributed by atoms with Gasteiger partial charge in [0.05, 0.1) is 5.69 Å². The van der Waals surface area contributed by atoms with Crippen molar-refractivity contribution in [2.24, 2.45) is 0 Å². The number of rotatable bonds is 3. The van der Waals surface area contributed by atoms with Gasteiger partial charge in [0.1, 0.15) is 5.52 Å². The lowest BCUT2D eigenvalue weighted by Crippen LogP contribution is -1.97. The van der Waals surface area contributed by atoms with Crippen LogP contribution in [0, 0.1) is 6.92 Å². The summed E-state index contributed by atoms with van der Waals surface area (Å²) in [5.74, 6) is 2.23. The molecule has 0 amide bonds. The Kier molecular flexibility index (Phi) is 2.87. The number of hydrogen-bond donors (Lipinski definition) is 2. The third kappa shape index (κ3) is 2.26. The lowest BCUT2D eigenvalue weighted by molar-refractivity contribution is 0.693. The van der Waals surface area contributed by atoms with Crippen molar-refractivity contribution < 1.29 is 0 Å². The molecular formula is C15H18N6. The van der Waals surface area contributed by atoms with E-state index >= 15 is 0 Å². The van der Waals surface area contributed by atoms with Gasteiger partial charge in [-0.25, -0.2) is 9.50 Å². The topological polar surface area (TPSA) is 70.9 Å². The Morgan fingerprint density at radius 2 is 2.14 bits per heavy atom. The smallest absolute Gasteiger partial charge is 0.157 e. The zero-order chi connectivity index (χ0) is 14.2. The lowest BCUT2D eigenvalue weighted by atomic mass is 10.0.